The molecule has 204 valence electrons. The molecule has 35 heavy (non-hydrogen) atoms. The van der Waals surface area contributed by atoms with Crippen molar-refractivity contribution in [3.63, 3.8) is 0 Å². The van der Waals surface area contributed by atoms with Crippen LogP contribution in [0.25, 0.3) is 0 Å². The van der Waals surface area contributed by atoms with Gasteiger partial charge in [-0.25, -0.2) is 0 Å². The van der Waals surface area contributed by atoms with Gasteiger partial charge in [-0.05, 0) is 58.6 Å². The van der Waals surface area contributed by atoms with Crippen molar-refractivity contribution < 1.29 is 5.11 Å². The molecular formula is C34H62O. The molecule has 0 saturated heterocycles. The zero-order chi connectivity index (χ0) is 26.5. The van der Waals surface area contributed by atoms with Crippen LogP contribution >= 0.6 is 0 Å². The van der Waals surface area contributed by atoms with E-state index in [4.69, 9.17) is 0 Å². The second-order valence-corrected chi connectivity index (χ2v) is 13.5. The van der Waals surface area contributed by atoms with Crippen LogP contribution in [-0.2, 0) is 5.41 Å². The summed E-state index contributed by atoms with van der Waals surface area (Å²) in [5, 5.41) is 11.3. The van der Waals surface area contributed by atoms with E-state index in [0.717, 1.165) is 18.4 Å². The normalized spacial score (nSPS) is 14.3. The smallest absolute Gasteiger partial charge is 0.122 e. The first-order valence-electron chi connectivity index (χ1n) is 15.3. The lowest BCUT2D eigenvalue weighted by Gasteiger charge is -2.34. The predicted octanol–water partition coefficient (Wildman–Crippen LogP) is 11.8. The number of hydrogen-bond donors (Lipinski definition) is 1. The fourth-order valence-corrected chi connectivity index (χ4v) is 5.92. The van der Waals surface area contributed by atoms with E-state index in [2.05, 4.69) is 74.4 Å². The van der Waals surface area contributed by atoms with Crippen molar-refractivity contribution in [2.24, 2.45) is 5.41 Å². The van der Waals surface area contributed by atoms with E-state index in [-0.39, 0.29) is 10.8 Å². The van der Waals surface area contributed by atoms with Gasteiger partial charge in [-0.2, -0.15) is 0 Å². The van der Waals surface area contributed by atoms with E-state index in [0.29, 0.717) is 17.6 Å². The molecule has 0 fully saturated rings. The molecule has 2 atom stereocenters. The first-order chi connectivity index (χ1) is 16.4. The lowest BCUT2D eigenvalue weighted by molar-refractivity contribution is 0.283. The number of hydrogen-bond acceptors (Lipinski definition) is 1. The summed E-state index contributed by atoms with van der Waals surface area (Å²) in [7, 11) is 0. The van der Waals surface area contributed by atoms with Crippen LogP contribution in [0.2, 0.25) is 0 Å². The van der Waals surface area contributed by atoms with Gasteiger partial charge >= 0.3 is 0 Å². The van der Waals surface area contributed by atoms with Crippen molar-refractivity contribution in [3.8, 4) is 5.75 Å². The molecule has 0 heterocycles. The predicted molar refractivity (Wildman–Crippen MR) is 158 cm³/mol. The molecule has 0 aliphatic heterocycles. The van der Waals surface area contributed by atoms with Gasteiger partial charge in [0, 0.05) is 0 Å². The minimum absolute atomic E-state index is 0.0959. The van der Waals surface area contributed by atoms with E-state index in [9.17, 15) is 5.11 Å². The van der Waals surface area contributed by atoms with Crippen LogP contribution in [0.1, 0.15) is 187 Å². The highest BCUT2D eigenvalue weighted by atomic mass is 16.3. The number of rotatable bonds is 18. The average Bonchev–Trinajstić information content (AvgIpc) is 2.77. The monoisotopic (exact) mass is 486 g/mol. The fourth-order valence-electron chi connectivity index (χ4n) is 5.92. The summed E-state index contributed by atoms with van der Waals surface area (Å²) in [6, 6.07) is 4.66. The lowest BCUT2D eigenvalue weighted by Crippen LogP contribution is -2.25. The summed E-state index contributed by atoms with van der Waals surface area (Å²) in [6.07, 6.45) is 20.0. The Morgan fingerprint density at radius 2 is 1.09 bits per heavy atom. The van der Waals surface area contributed by atoms with Gasteiger partial charge in [0.05, 0.1) is 0 Å². The zero-order valence-electron chi connectivity index (χ0n) is 25.4. The molecule has 0 amide bonds. The van der Waals surface area contributed by atoms with Crippen LogP contribution in [0.15, 0.2) is 12.1 Å². The van der Waals surface area contributed by atoms with Crippen molar-refractivity contribution in [1.29, 1.82) is 0 Å². The lowest BCUT2D eigenvalue weighted by atomic mass is 9.71. The summed E-state index contributed by atoms with van der Waals surface area (Å²) >= 11 is 0. The third-order valence-electron chi connectivity index (χ3n) is 8.09. The zero-order valence-corrected chi connectivity index (χ0v) is 25.4. The molecular weight excluding hydrogens is 424 g/mol. The molecule has 0 radical (unpaired) electrons. The number of phenols is 1. The van der Waals surface area contributed by atoms with Gasteiger partial charge in [-0.1, -0.05) is 151 Å². The summed E-state index contributed by atoms with van der Waals surface area (Å²) in [6.45, 7) is 20.9. The molecule has 1 rings (SSSR count). The maximum absolute atomic E-state index is 11.3. The van der Waals surface area contributed by atoms with E-state index in [1.807, 2.05) is 0 Å². The van der Waals surface area contributed by atoms with Crippen LogP contribution in [-0.4, -0.2) is 5.11 Å². The van der Waals surface area contributed by atoms with Crippen molar-refractivity contribution in [3.05, 3.63) is 28.8 Å². The second kappa shape index (κ2) is 16.0. The molecule has 1 aromatic rings. The quantitative estimate of drug-likeness (QED) is 0.204. The molecule has 0 bridgehead atoms. The molecule has 0 aromatic heterocycles. The molecule has 0 spiro atoms. The van der Waals surface area contributed by atoms with Crippen LogP contribution in [0, 0.1) is 5.41 Å². The molecule has 1 N–H and O–H groups in total. The van der Waals surface area contributed by atoms with E-state index < -0.39 is 0 Å². The van der Waals surface area contributed by atoms with Gasteiger partial charge < -0.3 is 5.11 Å². The molecule has 0 saturated carbocycles. The van der Waals surface area contributed by atoms with E-state index in [1.54, 1.807) is 0 Å². The number of aromatic hydroxyl groups is 1. The van der Waals surface area contributed by atoms with E-state index >= 15 is 0 Å². The Morgan fingerprint density at radius 3 is 1.51 bits per heavy atom. The Balaban J connectivity index is 2.65. The maximum Gasteiger partial charge on any atom is 0.122 e. The fraction of sp³-hybridized carbons (Fsp3) is 0.824. The maximum atomic E-state index is 11.3. The molecule has 1 heteroatoms. The largest absolute Gasteiger partial charge is 0.507 e. The Kier molecular flexibility index (Phi) is 14.6. The molecule has 0 aliphatic rings. The Labute approximate surface area is 220 Å². The van der Waals surface area contributed by atoms with Crippen molar-refractivity contribution in [1.82, 2.24) is 0 Å². The van der Waals surface area contributed by atoms with Gasteiger partial charge in [-0.15, -0.1) is 0 Å². The van der Waals surface area contributed by atoms with Gasteiger partial charge in [-0.3, -0.25) is 0 Å². The van der Waals surface area contributed by atoms with Crippen molar-refractivity contribution in [2.45, 2.75) is 176 Å². The molecule has 1 aromatic carbocycles. The second-order valence-electron chi connectivity index (χ2n) is 13.5. The van der Waals surface area contributed by atoms with Crippen molar-refractivity contribution in [2.75, 3.05) is 0 Å². The number of phenolic OH excluding ortho intramolecular Hbond substituents is 1. The molecule has 2 unspecified atom stereocenters. The highest BCUT2D eigenvalue weighted by Gasteiger charge is 2.30. The Morgan fingerprint density at radius 1 is 0.657 bits per heavy atom. The summed E-state index contributed by atoms with van der Waals surface area (Å²) < 4.78 is 0. The van der Waals surface area contributed by atoms with Gasteiger partial charge in [0.2, 0.25) is 0 Å². The summed E-state index contributed by atoms with van der Waals surface area (Å²) in [5.74, 6) is 1.37. The molecule has 0 aliphatic carbocycles. The summed E-state index contributed by atoms with van der Waals surface area (Å²) in [5.41, 5.74) is 4.11. The Hall–Kier alpha value is -0.980. The van der Waals surface area contributed by atoms with Crippen LogP contribution < -0.4 is 0 Å². The summed E-state index contributed by atoms with van der Waals surface area (Å²) in [4.78, 5) is 0. The third-order valence-corrected chi connectivity index (χ3v) is 8.09. The minimum Gasteiger partial charge on any atom is -0.507 e. The van der Waals surface area contributed by atoms with Gasteiger partial charge in [0.15, 0.2) is 0 Å². The van der Waals surface area contributed by atoms with Gasteiger partial charge in [0.1, 0.15) is 5.75 Å². The van der Waals surface area contributed by atoms with Crippen LogP contribution in [0.5, 0.6) is 5.75 Å². The number of unbranched alkanes of at least 4 members (excludes halogenated alkanes) is 11. The highest BCUT2D eigenvalue weighted by molar-refractivity contribution is 5.49. The number of benzene rings is 1. The first-order valence-corrected chi connectivity index (χ1v) is 15.3. The SMILES string of the molecule is CCCCCCCCCCCCCCC(C)c1cc(C(C)(C)CC(C)(C)C)cc(C(C)CC)c1O. The third kappa shape index (κ3) is 12.2. The standard InChI is InChI=1S/C34H62O/c1-10-12-13-14-15-16-17-18-19-20-21-22-23-28(4)31-25-29(34(8,9)26-33(5,6)7)24-30(32(31)35)27(3)11-2/h24-25,27-28,35H,10-23,26H2,1-9H3. The average molecular weight is 487 g/mol. The Bertz CT molecular complexity index is 693. The molecule has 1 nitrogen and oxygen atoms in total. The topological polar surface area (TPSA) is 20.2 Å². The van der Waals surface area contributed by atoms with E-state index in [1.165, 1.54) is 94.6 Å². The first kappa shape index (κ1) is 32.0. The van der Waals surface area contributed by atoms with Crippen LogP contribution in [0.4, 0.5) is 0 Å². The van der Waals surface area contributed by atoms with Crippen LogP contribution in [0.3, 0.4) is 0 Å². The minimum atomic E-state index is 0.0959. The highest BCUT2D eigenvalue weighted by Crippen LogP contribution is 2.43. The van der Waals surface area contributed by atoms with Crippen molar-refractivity contribution >= 4 is 0 Å². The van der Waals surface area contributed by atoms with Gasteiger partial charge in [0.25, 0.3) is 0 Å².